The summed E-state index contributed by atoms with van der Waals surface area (Å²) in [5.41, 5.74) is 1.65. The topological polar surface area (TPSA) is 87.4 Å². The number of anilines is 1. The lowest BCUT2D eigenvalue weighted by atomic mass is 10.0. The number of carbonyl (C=O) groups excluding carboxylic acids is 1. The maximum Gasteiger partial charge on any atom is 0.406 e. The Bertz CT molecular complexity index is 1320. The van der Waals surface area contributed by atoms with Crippen molar-refractivity contribution in [3.8, 4) is 10.7 Å². The molecule has 1 amide bonds. The van der Waals surface area contributed by atoms with Crippen molar-refractivity contribution in [3.63, 3.8) is 0 Å². The smallest absolute Gasteiger partial charge is 0.382 e. The third-order valence-corrected chi connectivity index (χ3v) is 7.59. The first-order valence-corrected chi connectivity index (χ1v) is 13.0. The SMILES string of the molecule is CN1CCC(Nc2cccc3c2cc(-c2nnc(CNC(=O)C4C=NC=CC4)s2)n3CC(F)(F)F)CC1. The lowest BCUT2D eigenvalue weighted by molar-refractivity contribution is -0.139. The fourth-order valence-corrected chi connectivity index (χ4v) is 5.49. The van der Waals surface area contributed by atoms with E-state index < -0.39 is 12.7 Å². The van der Waals surface area contributed by atoms with Crippen LogP contribution in [0.3, 0.4) is 0 Å². The van der Waals surface area contributed by atoms with Gasteiger partial charge in [-0.1, -0.05) is 23.5 Å². The fraction of sp³-hybridized carbons (Fsp3) is 0.440. The van der Waals surface area contributed by atoms with Crippen LogP contribution in [0.25, 0.3) is 21.6 Å². The predicted molar refractivity (Wildman–Crippen MR) is 139 cm³/mol. The van der Waals surface area contributed by atoms with Gasteiger partial charge in [0.05, 0.1) is 23.7 Å². The van der Waals surface area contributed by atoms with Gasteiger partial charge < -0.3 is 20.1 Å². The molecule has 196 valence electrons. The number of nitrogens with one attached hydrogen (secondary N) is 2. The molecule has 1 atom stereocenters. The maximum atomic E-state index is 13.6. The maximum absolute atomic E-state index is 13.6. The van der Waals surface area contributed by atoms with Crippen LogP contribution in [0.5, 0.6) is 0 Å². The number of aromatic nitrogens is 3. The third kappa shape index (κ3) is 6.02. The summed E-state index contributed by atoms with van der Waals surface area (Å²) in [7, 11) is 2.09. The molecule has 1 saturated heterocycles. The zero-order valence-electron chi connectivity index (χ0n) is 20.3. The van der Waals surface area contributed by atoms with Crippen LogP contribution < -0.4 is 10.6 Å². The van der Waals surface area contributed by atoms with Gasteiger partial charge in [-0.15, -0.1) is 10.2 Å². The first-order chi connectivity index (χ1) is 17.8. The zero-order valence-corrected chi connectivity index (χ0v) is 21.1. The molecule has 4 heterocycles. The molecule has 0 radical (unpaired) electrons. The number of benzene rings is 1. The second-order valence-corrected chi connectivity index (χ2v) is 10.5. The highest BCUT2D eigenvalue weighted by Crippen LogP contribution is 2.36. The Morgan fingerprint density at radius 2 is 2.03 bits per heavy atom. The number of alkyl halides is 3. The van der Waals surface area contributed by atoms with Gasteiger partial charge in [0.1, 0.15) is 11.6 Å². The molecule has 1 unspecified atom stereocenters. The monoisotopic (exact) mass is 531 g/mol. The van der Waals surface area contributed by atoms with Crippen LogP contribution in [0.2, 0.25) is 0 Å². The van der Waals surface area contributed by atoms with E-state index in [0.717, 1.165) is 37.0 Å². The quantitative estimate of drug-likeness (QED) is 0.471. The number of hydrogen-bond donors (Lipinski definition) is 2. The average Bonchev–Trinajstić information content (AvgIpc) is 3.49. The van der Waals surface area contributed by atoms with E-state index in [9.17, 15) is 18.0 Å². The second kappa shape index (κ2) is 10.6. The predicted octanol–water partition coefficient (Wildman–Crippen LogP) is 4.45. The summed E-state index contributed by atoms with van der Waals surface area (Å²) in [6, 6.07) is 7.41. The van der Waals surface area contributed by atoms with Crippen molar-refractivity contribution >= 4 is 40.0 Å². The molecule has 0 saturated carbocycles. The number of aliphatic imine (C=N–C) groups is 1. The number of fused-ring (bicyclic) bond motifs is 1. The van der Waals surface area contributed by atoms with Crippen LogP contribution in [0.4, 0.5) is 18.9 Å². The molecule has 2 aromatic heterocycles. The number of carbonyl (C=O) groups is 1. The lowest BCUT2D eigenvalue weighted by Gasteiger charge is -2.30. The molecule has 2 aliphatic heterocycles. The molecule has 2 aliphatic rings. The first kappa shape index (κ1) is 25.4. The third-order valence-electron chi connectivity index (χ3n) is 6.65. The second-order valence-electron chi connectivity index (χ2n) is 9.44. The molecule has 2 N–H and O–H groups in total. The Hall–Kier alpha value is -3.25. The van der Waals surface area contributed by atoms with E-state index in [1.54, 1.807) is 30.6 Å². The van der Waals surface area contributed by atoms with Gasteiger partial charge in [0.2, 0.25) is 5.91 Å². The van der Waals surface area contributed by atoms with Crippen molar-refractivity contribution < 1.29 is 18.0 Å². The van der Waals surface area contributed by atoms with Gasteiger partial charge >= 0.3 is 6.18 Å². The molecule has 3 aromatic rings. The Labute approximate surface area is 216 Å². The van der Waals surface area contributed by atoms with E-state index in [1.165, 1.54) is 15.9 Å². The van der Waals surface area contributed by atoms with Crippen molar-refractivity contribution in [2.24, 2.45) is 10.9 Å². The standard InChI is InChI=1S/C25H28F3N7OS/c1-34-10-7-17(8-11-34)31-19-5-2-6-20-18(19)12-21(35(20)15-25(26,27)28)24-33-32-22(37-24)14-30-23(36)16-4-3-9-29-13-16/h2-3,5-6,9,12-13,16-17,31H,4,7-8,10-11,14-15H2,1H3,(H,30,36). The van der Waals surface area contributed by atoms with Gasteiger partial charge in [-0.05, 0) is 57.6 Å². The highest BCUT2D eigenvalue weighted by molar-refractivity contribution is 7.14. The fourth-order valence-electron chi connectivity index (χ4n) is 4.69. The van der Waals surface area contributed by atoms with E-state index in [-0.39, 0.29) is 24.4 Å². The molecule has 37 heavy (non-hydrogen) atoms. The van der Waals surface area contributed by atoms with Gasteiger partial charge in [0.15, 0.2) is 5.01 Å². The van der Waals surface area contributed by atoms with Crippen LogP contribution in [0.1, 0.15) is 24.3 Å². The molecule has 8 nitrogen and oxygen atoms in total. The summed E-state index contributed by atoms with van der Waals surface area (Å²) < 4.78 is 42.1. The van der Waals surface area contributed by atoms with E-state index in [2.05, 4.69) is 37.8 Å². The van der Waals surface area contributed by atoms with Gasteiger partial charge in [-0.3, -0.25) is 9.79 Å². The molecule has 0 aliphatic carbocycles. The first-order valence-electron chi connectivity index (χ1n) is 12.2. The van der Waals surface area contributed by atoms with Crippen LogP contribution in [-0.4, -0.2) is 64.1 Å². The lowest BCUT2D eigenvalue weighted by Crippen LogP contribution is -2.36. The zero-order chi connectivity index (χ0) is 26.0. The number of rotatable bonds is 7. The summed E-state index contributed by atoms with van der Waals surface area (Å²) in [6.07, 6.45) is 3.17. The van der Waals surface area contributed by atoms with E-state index >= 15 is 0 Å². The number of likely N-dealkylation sites (tertiary alicyclic amines) is 1. The summed E-state index contributed by atoms with van der Waals surface area (Å²) in [6.45, 7) is 0.960. The number of amides is 1. The van der Waals surface area contributed by atoms with Gasteiger partial charge in [0, 0.05) is 29.5 Å². The summed E-state index contributed by atoms with van der Waals surface area (Å²) in [4.78, 5) is 18.6. The van der Waals surface area contributed by atoms with Gasteiger partial charge in [-0.2, -0.15) is 13.2 Å². The summed E-state index contributed by atoms with van der Waals surface area (Å²) >= 11 is 1.17. The molecule has 5 rings (SSSR count). The van der Waals surface area contributed by atoms with E-state index in [4.69, 9.17) is 0 Å². The Morgan fingerprint density at radius 3 is 2.76 bits per heavy atom. The van der Waals surface area contributed by atoms with Gasteiger partial charge in [0.25, 0.3) is 0 Å². The minimum Gasteiger partial charge on any atom is -0.382 e. The molecular formula is C25H28F3N7OS. The molecule has 0 spiro atoms. The Kier molecular flexibility index (Phi) is 7.29. The molecular weight excluding hydrogens is 503 g/mol. The molecule has 12 heteroatoms. The van der Waals surface area contributed by atoms with Crippen molar-refractivity contribution in [2.45, 2.75) is 44.6 Å². The van der Waals surface area contributed by atoms with Crippen LogP contribution in [0.15, 0.2) is 41.5 Å². The molecule has 1 aromatic carbocycles. The summed E-state index contributed by atoms with van der Waals surface area (Å²) in [5, 5.41) is 16.3. The van der Waals surface area contributed by atoms with Crippen molar-refractivity contribution in [1.82, 2.24) is 25.0 Å². The Balaban J connectivity index is 1.40. The minimum atomic E-state index is -4.41. The minimum absolute atomic E-state index is 0.146. The summed E-state index contributed by atoms with van der Waals surface area (Å²) in [5.74, 6) is -0.525. The van der Waals surface area contributed by atoms with E-state index in [0.29, 0.717) is 27.6 Å². The van der Waals surface area contributed by atoms with Gasteiger partial charge in [-0.25, -0.2) is 0 Å². The number of allylic oxidation sites excluding steroid dienone is 1. The largest absolute Gasteiger partial charge is 0.406 e. The van der Waals surface area contributed by atoms with Crippen molar-refractivity contribution in [3.05, 3.63) is 41.5 Å². The Morgan fingerprint density at radius 1 is 1.22 bits per heavy atom. The highest BCUT2D eigenvalue weighted by atomic mass is 32.1. The van der Waals surface area contributed by atoms with Crippen LogP contribution in [0, 0.1) is 5.92 Å². The number of piperidine rings is 1. The van der Waals surface area contributed by atoms with E-state index in [1.807, 2.05) is 12.1 Å². The number of hydrogen-bond acceptors (Lipinski definition) is 7. The molecule has 1 fully saturated rings. The normalized spacial score (nSPS) is 19.0. The van der Waals surface area contributed by atoms with Crippen LogP contribution >= 0.6 is 11.3 Å². The number of nitrogens with zero attached hydrogens (tertiary/aromatic N) is 5. The molecule has 0 bridgehead atoms. The van der Waals surface area contributed by atoms with Crippen molar-refractivity contribution in [1.29, 1.82) is 0 Å². The average molecular weight is 532 g/mol. The number of halogens is 3. The van der Waals surface area contributed by atoms with Crippen LogP contribution in [-0.2, 0) is 17.9 Å². The highest BCUT2D eigenvalue weighted by Gasteiger charge is 2.31. The van der Waals surface area contributed by atoms with Crippen molar-refractivity contribution in [2.75, 3.05) is 25.5 Å².